The quantitative estimate of drug-likeness (QED) is 0.564. The van der Waals surface area contributed by atoms with Crippen LogP contribution in [0.3, 0.4) is 0 Å². The Labute approximate surface area is 87.0 Å². The number of hydrogen-bond acceptors (Lipinski definition) is 4. The Morgan fingerprint density at radius 3 is 2.13 bits per heavy atom. The summed E-state index contributed by atoms with van der Waals surface area (Å²) in [6.45, 7) is 3.11. The van der Waals surface area contributed by atoms with E-state index in [0.717, 1.165) is 12.8 Å². The predicted molar refractivity (Wildman–Crippen MR) is 51.3 cm³/mol. The lowest BCUT2D eigenvalue weighted by molar-refractivity contribution is -0.162. The zero-order chi connectivity index (χ0) is 11.6. The highest BCUT2D eigenvalue weighted by Gasteiger charge is 2.42. The lowest BCUT2D eigenvalue weighted by atomic mass is 9.91. The number of carbonyl (C=O) groups excluding carboxylic acids is 1. The Bertz CT molecular complexity index is 305. The van der Waals surface area contributed by atoms with E-state index in [2.05, 4.69) is 6.58 Å². The van der Waals surface area contributed by atoms with Crippen LogP contribution < -0.4 is 0 Å². The van der Waals surface area contributed by atoms with Crippen molar-refractivity contribution in [1.82, 2.24) is 0 Å². The molecular formula is C10H14O5. The van der Waals surface area contributed by atoms with Crippen molar-refractivity contribution in [1.29, 1.82) is 0 Å². The van der Waals surface area contributed by atoms with Gasteiger partial charge in [-0.25, -0.2) is 4.79 Å². The van der Waals surface area contributed by atoms with Crippen LogP contribution in [0.5, 0.6) is 0 Å². The topological polar surface area (TPSA) is 94.8 Å². The number of carboxylic acids is 1. The van der Waals surface area contributed by atoms with Crippen LogP contribution in [0.4, 0.5) is 0 Å². The van der Waals surface area contributed by atoms with E-state index in [4.69, 9.17) is 10.2 Å². The Kier molecular flexibility index (Phi) is 3.14. The van der Waals surface area contributed by atoms with Crippen molar-refractivity contribution in [2.75, 3.05) is 0 Å². The lowest BCUT2D eigenvalue weighted by Crippen LogP contribution is -2.41. The van der Waals surface area contributed by atoms with E-state index in [1.54, 1.807) is 0 Å². The summed E-state index contributed by atoms with van der Waals surface area (Å²) < 4.78 is 0. The molecule has 0 amide bonds. The fourth-order valence-corrected chi connectivity index (χ4v) is 1.39. The summed E-state index contributed by atoms with van der Waals surface area (Å²) in [6.07, 6.45) is 0.538. The third-order valence-electron chi connectivity index (χ3n) is 2.39. The van der Waals surface area contributed by atoms with Crippen LogP contribution in [0.1, 0.15) is 25.7 Å². The fraction of sp³-hybridized carbons (Fsp3) is 0.600. The van der Waals surface area contributed by atoms with Gasteiger partial charge >= 0.3 is 5.97 Å². The molecular weight excluding hydrogens is 200 g/mol. The van der Waals surface area contributed by atoms with Gasteiger partial charge in [0.25, 0.3) is 0 Å². The monoisotopic (exact) mass is 214 g/mol. The second-order valence-corrected chi connectivity index (χ2v) is 4.00. The van der Waals surface area contributed by atoms with Crippen LogP contribution in [-0.4, -0.2) is 32.7 Å². The van der Waals surface area contributed by atoms with Gasteiger partial charge in [0.05, 0.1) is 5.76 Å². The van der Waals surface area contributed by atoms with E-state index in [-0.39, 0.29) is 11.7 Å². The minimum absolute atomic E-state index is 0.108. The number of carbonyl (C=O) groups is 2. The zero-order valence-corrected chi connectivity index (χ0v) is 8.27. The van der Waals surface area contributed by atoms with Crippen molar-refractivity contribution in [2.24, 2.45) is 5.92 Å². The van der Waals surface area contributed by atoms with Gasteiger partial charge < -0.3 is 15.3 Å². The number of rotatable bonds is 6. The maximum Gasteiger partial charge on any atom is 0.336 e. The van der Waals surface area contributed by atoms with Gasteiger partial charge in [0.2, 0.25) is 0 Å². The first-order chi connectivity index (χ1) is 6.85. The van der Waals surface area contributed by atoms with Gasteiger partial charge in [-0.2, -0.15) is 0 Å². The molecule has 84 valence electrons. The molecule has 0 bridgehead atoms. The first-order valence-corrected chi connectivity index (χ1v) is 4.70. The average molecular weight is 214 g/mol. The molecule has 1 fully saturated rings. The molecule has 1 rings (SSSR count). The normalized spacial score (nSPS) is 19.3. The SMILES string of the molecule is C=C(O)CC(O)(CC(=O)C1CC1)C(=O)O. The van der Waals surface area contributed by atoms with Gasteiger partial charge in [-0.1, -0.05) is 6.58 Å². The van der Waals surface area contributed by atoms with Crippen molar-refractivity contribution in [3.8, 4) is 0 Å². The number of Topliss-reactive ketones (excluding diaryl/α,β-unsaturated/α-hetero) is 1. The second-order valence-electron chi connectivity index (χ2n) is 4.00. The minimum atomic E-state index is -2.22. The summed E-state index contributed by atoms with van der Waals surface area (Å²) in [4.78, 5) is 22.2. The van der Waals surface area contributed by atoms with Gasteiger partial charge in [0.15, 0.2) is 5.60 Å². The van der Waals surface area contributed by atoms with Crippen molar-refractivity contribution in [3.63, 3.8) is 0 Å². The van der Waals surface area contributed by atoms with Crippen LogP contribution in [-0.2, 0) is 9.59 Å². The van der Waals surface area contributed by atoms with Crippen LogP contribution >= 0.6 is 0 Å². The van der Waals surface area contributed by atoms with E-state index in [9.17, 15) is 14.7 Å². The fourth-order valence-electron chi connectivity index (χ4n) is 1.39. The van der Waals surface area contributed by atoms with Gasteiger partial charge in [-0.15, -0.1) is 0 Å². The molecule has 0 aromatic carbocycles. The summed E-state index contributed by atoms with van der Waals surface area (Å²) in [6, 6.07) is 0. The zero-order valence-electron chi connectivity index (χ0n) is 8.27. The number of aliphatic hydroxyl groups is 2. The molecule has 1 aliphatic rings. The molecule has 0 aliphatic heterocycles. The van der Waals surface area contributed by atoms with Crippen LogP contribution in [0.15, 0.2) is 12.3 Å². The first kappa shape index (κ1) is 11.7. The van der Waals surface area contributed by atoms with Crippen LogP contribution in [0.25, 0.3) is 0 Å². The lowest BCUT2D eigenvalue weighted by Gasteiger charge is -2.21. The average Bonchev–Trinajstić information content (AvgIpc) is 2.83. The Morgan fingerprint density at radius 1 is 1.27 bits per heavy atom. The molecule has 0 spiro atoms. The Hall–Kier alpha value is -1.36. The highest BCUT2D eigenvalue weighted by atomic mass is 16.4. The van der Waals surface area contributed by atoms with E-state index >= 15 is 0 Å². The number of hydrogen-bond donors (Lipinski definition) is 3. The van der Waals surface area contributed by atoms with E-state index in [0.29, 0.717) is 0 Å². The molecule has 1 aliphatic carbocycles. The number of ketones is 1. The van der Waals surface area contributed by atoms with E-state index < -0.39 is 30.2 Å². The molecule has 3 N–H and O–H groups in total. The summed E-state index contributed by atoms with van der Waals surface area (Å²) in [5.41, 5.74) is -2.22. The van der Waals surface area contributed by atoms with Crippen LogP contribution in [0, 0.1) is 5.92 Å². The second kappa shape index (κ2) is 4.02. The summed E-state index contributed by atoms with van der Waals surface area (Å²) in [5, 5.41) is 27.3. The maximum absolute atomic E-state index is 11.4. The minimum Gasteiger partial charge on any atom is -0.513 e. The molecule has 0 saturated heterocycles. The Balaban J connectivity index is 2.66. The third kappa shape index (κ3) is 3.06. The summed E-state index contributed by atoms with van der Waals surface area (Å²) in [5.74, 6) is -2.32. The molecule has 0 heterocycles. The molecule has 1 saturated carbocycles. The predicted octanol–water partition coefficient (Wildman–Crippen LogP) is 0.633. The maximum atomic E-state index is 11.4. The molecule has 0 aromatic heterocycles. The highest BCUT2D eigenvalue weighted by molar-refractivity contribution is 5.90. The van der Waals surface area contributed by atoms with E-state index in [1.807, 2.05) is 0 Å². The molecule has 1 atom stereocenters. The van der Waals surface area contributed by atoms with Crippen LogP contribution in [0.2, 0.25) is 0 Å². The summed E-state index contributed by atoms with van der Waals surface area (Å²) in [7, 11) is 0. The molecule has 5 heteroatoms. The largest absolute Gasteiger partial charge is 0.513 e. The number of carboxylic acid groups (broad SMARTS) is 1. The standard InChI is InChI=1S/C10H14O5/c1-6(11)4-10(15,9(13)14)5-8(12)7-2-3-7/h7,11,15H,1-5H2,(H,13,14). The van der Waals surface area contributed by atoms with Crippen molar-refractivity contribution < 1.29 is 24.9 Å². The highest BCUT2D eigenvalue weighted by Crippen LogP contribution is 2.33. The molecule has 15 heavy (non-hydrogen) atoms. The smallest absolute Gasteiger partial charge is 0.336 e. The third-order valence-corrected chi connectivity index (χ3v) is 2.39. The van der Waals surface area contributed by atoms with Crippen molar-refractivity contribution >= 4 is 11.8 Å². The molecule has 1 unspecified atom stereocenters. The van der Waals surface area contributed by atoms with Crippen molar-refractivity contribution in [2.45, 2.75) is 31.3 Å². The number of aliphatic carboxylic acids is 1. The molecule has 0 aromatic rings. The molecule has 0 radical (unpaired) electrons. The first-order valence-electron chi connectivity index (χ1n) is 4.70. The van der Waals surface area contributed by atoms with Gasteiger partial charge in [-0.05, 0) is 12.8 Å². The Morgan fingerprint density at radius 2 is 1.80 bits per heavy atom. The molecule has 5 nitrogen and oxygen atoms in total. The summed E-state index contributed by atoms with van der Waals surface area (Å²) >= 11 is 0. The number of aliphatic hydroxyl groups excluding tert-OH is 1. The van der Waals surface area contributed by atoms with Gasteiger partial charge in [-0.3, -0.25) is 4.79 Å². The van der Waals surface area contributed by atoms with Gasteiger partial charge in [0, 0.05) is 18.8 Å². The van der Waals surface area contributed by atoms with Crippen molar-refractivity contribution in [3.05, 3.63) is 12.3 Å². The van der Waals surface area contributed by atoms with E-state index in [1.165, 1.54) is 0 Å². The van der Waals surface area contributed by atoms with Gasteiger partial charge in [0.1, 0.15) is 5.78 Å².